The first-order valence-corrected chi connectivity index (χ1v) is 6.39. The normalized spacial score (nSPS) is 11.2. The maximum atomic E-state index is 11.9. The van der Waals surface area contributed by atoms with Crippen LogP contribution in [0.1, 0.15) is 12.0 Å². The number of rotatable bonds is 8. The van der Waals surface area contributed by atoms with Crippen LogP contribution in [0.2, 0.25) is 0 Å². The van der Waals surface area contributed by atoms with Gasteiger partial charge in [0.25, 0.3) is 0 Å². The van der Waals surface area contributed by atoms with Crippen LogP contribution >= 0.6 is 0 Å². The van der Waals surface area contributed by atoms with Gasteiger partial charge in [-0.3, -0.25) is 4.79 Å². The number of hydrogen-bond acceptors (Lipinski definition) is 3. The van der Waals surface area contributed by atoms with Gasteiger partial charge in [0.15, 0.2) is 0 Å². The van der Waals surface area contributed by atoms with E-state index in [4.69, 9.17) is 4.74 Å². The second-order valence-corrected chi connectivity index (χ2v) is 4.22. The molecule has 4 nitrogen and oxygen atoms in total. The smallest absolute Gasteiger partial charge is 0.329 e. The van der Waals surface area contributed by atoms with Crippen molar-refractivity contribution in [1.82, 2.24) is 5.32 Å². The minimum atomic E-state index is -0.704. The van der Waals surface area contributed by atoms with Gasteiger partial charge in [0.1, 0.15) is 12.6 Å². The van der Waals surface area contributed by atoms with Crippen LogP contribution in [0.3, 0.4) is 0 Å². The Bertz CT molecular complexity index is 468. The standard InChI is InChI=1S/C16H19NO3/c1-3-8-15(18)17-14(16(19)20-11-4-2)12-13-9-6-5-7-10-13/h3-7,9-10,14H,1-2,8,11-12H2,(H,17,18)/t14-/m0/s1. The molecule has 0 heterocycles. The van der Waals surface area contributed by atoms with Gasteiger partial charge in [-0.15, -0.1) is 6.58 Å². The predicted molar refractivity (Wildman–Crippen MR) is 78.0 cm³/mol. The van der Waals surface area contributed by atoms with E-state index in [1.165, 1.54) is 12.2 Å². The molecule has 106 valence electrons. The van der Waals surface area contributed by atoms with Gasteiger partial charge in [-0.1, -0.05) is 49.1 Å². The highest BCUT2D eigenvalue weighted by Gasteiger charge is 2.21. The van der Waals surface area contributed by atoms with Gasteiger partial charge in [0.05, 0.1) is 0 Å². The first-order chi connectivity index (χ1) is 9.67. The Morgan fingerprint density at radius 1 is 1.20 bits per heavy atom. The van der Waals surface area contributed by atoms with Crippen molar-refractivity contribution < 1.29 is 14.3 Å². The van der Waals surface area contributed by atoms with Gasteiger partial charge in [-0.2, -0.15) is 0 Å². The molecular formula is C16H19NO3. The average Bonchev–Trinajstić information content (AvgIpc) is 2.45. The monoisotopic (exact) mass is 273 g/mol. The molecule has 1 atom stereocenters. The third-order valence-corrected chi connectivity index (χ3v) is 2.58. The van der Waals surface area contributed by atoms with E-state index in [0.717, 1.165) is 5.56 Å². The zero-order valence-electron chi connectivity index (χ0n) is 11.4. The fourth-order valence-corrected chi connectivity index (χ4v) is 1.67. The quantitative estimate of drug-likeness (QED) is 0.582. The molecule has 0 radical (unpaired) electrons. The molecule has 0 fully saturated rings. The van der Waals surface area contributed by atoms with Crippen molar-refractivity contribution in [3.05, 3.63) is 61.2 Å². The van der Waals surface area contributed by atoms with Crippen LogP contribution in [0.4, 0.5) is 0 Å². The number of ether oxygens (including phenoxy) is 1. The molecule has 1 aromatic rings. The first-order valence-electron chi connectivity index (χ1n) is 6.39. The number of carbonyl (C=O) groups is 2. The molecule has 0 aliphatic rings. The molecule has 0 bridgehead atoms. The van der Waals surface area contributed by atoms with Crippen LogP contribution in [0.25, 0.3) is 0 Å². The van der Waals surface area contributed by atoms with E-state index in [-0.39, 0.29) is 18.9 Å². The molecule has 0 spiro atoms. The van der Waals surface area contributed by atoms with E-state index in [1.807, 2.05) is 30.3 Å². The van der Waals surface area contributed by atoms with Crippen LogP contribution in [0.5, 0.6) is 0 Å². The summed E-state index contributed by atoms with van der Waals surface area (Å²) in [5.41, 5.74) is 0.951. The Balaban J connectivity index is 2.72. The van der Waals surface area contributed by atoms with Crippen LogP contribution in [-0.4, -0.2) is 24.5 Å². The number of amides is 1. The SMILES string of the molecule is C=CCOC(=O)[C@H](Cc1ccccc1)NC(=O)CC=C. The number of carbonyl (C=O) groups excluding carboxylic acids is 2. The molecule has 20 heavy (non-hydrogen) atoms. The van der Waals surface area contributed by atoms with Crippen LogP contribution in [0, 0.1) is 0 Å². The molecule has 4 heteroatoms. The minimum absolute atomic E-state index is 0.126. The average molecular weight is 273 g/mol. The second-order valence-electron chi connectivity index (χ2n) is 4.22. The van der Waals surface area contributed by atoms with E-state index >= 15 is 0 Å². The zero-order chi connectivity index (χ0) is 14.8. The Labute approximate surface area is 119 Å². The van der Waals surface area contributed by atoms with E-state index < -0.39 is 12.0 Å². The van der Waals surface area contributed by atoms with Crippen molar-refractivity contribution in [2.45, 2.75) is 18.9 Å². The third-order valence-electron chi connectivity index (χ3n) is 2.58. The lowest BCUT2D eigenvalue weighted by molar-refractivity contribution is -0.146. The topological polar surface area (TPSA) is 55.4 Å². The highest BCUT2D eigenvalue weighted by Crippen LogP contribution is 2.05. The summed E-state index contributed by atoms with van der Waals surface area (Å²) in [6.07, 6.45) is 3.53. The van der Waals surface area contributed by atoms with Gasteiger partial charge in [0.2, 0.25) is 5.91 Å². The fraction of sp³-hybridized carbons (Fsp3) is 0.250. The third kappa shape index (κ3) is 5.52. The molecule has 1 rings (SSSR count). The highest BCUT2D eigenvalue weighted by molar-refractivity contribution is 5.85. The van der Waals surface area contributed by atoms with E-state index in [2.05, 4.69) is 18.5 Å². The van der Waals surface area contributed by atoms with Crippen LogP contribution in [0.15, 0.2) is 55.6 Å². The molecule has 0 unspecified atom stereocenters. The number of hydrogen-bond donors (Lipinski definition) is 1. The summed E-state index contributed by atoms with van der Waals surface area (Å²) in [7, 11) is 0. The maximum absolute atomic E-state index is 11.9. The molecule has 0 saturated carbocycles. The molecule has 1 aromatic carbocycles. The Morgan fingerprint density at radius 2 is 1.90 bits per heavy atom. The zero-order valence-corrected chi connectivity index (χ0v) is 11.4. The molecule has 1 amide bonds. The predicted octanol–water partition coefficient (Wildman–Crippen LogP) is 2.02. The van der Waals surface area contributed by atoms with Crippen molar-refractivity contribution in [3.8, 4) is 0 Å². The van der Waals surface area contributed by atoms with Gasteiger partial charge >= 0.3 is 5.97 Å². The first kappa shape index (κ1) is 15.7. The summed E-state index contributed by atoms with van der Waals surface area (Å²) >= 11 is 0. The summed E-state index contributed by atoms with van der Waals surface area (Å²) in [5.74, 6) is -0.720. The number of nitrogens with one attached hydrogen (secondary N) is 1. The van der Waals surface area contributed by atoms with E-state index in [0.29, 0.717) is 6.42 Å². The molecule has 0 saturated heterocycles. The van der Waals surface area contributed by atoms with Crippen molar-refractivity contribution in [2.75, 3.05) is 6.61 Å². The minimum Gasteiger partial charge on any atom is -0.460 e. The lowest BCUT2D eigenvalue weighted by Gasteiger charge is -2.17. The molecule has 0 aliphatic carbocycles. The summed E-state index contributed by atoms with van der Waals surface area (Å²) in [4.78, 5) is 23.5. The lowest BCUT2D eigenvalue weighted by atomic mass is 10.1. The Hall–Kier alpha value is -2.36. The van der Waals surface area contributed by atoms with Crippen LogP contribution in [-0.2, 0) is 20.7 Å². The number of esters is 1. The van der Waals surface area contributed by atoms with Gasteiger partial charge in [0, 0.05) is 12.8 Å². The summed E-state index contributed by atoms with van der Waals surface area (Å²) in [5, 5.41) is 2.66. The summed E-state index contributed by atoms with van der Waals surface area (Å²) < 4.78 is 5.01. The molecule has 0 aliphatic heterocycles. The van der Waals surface area contributed by atoms with Gasteiger partial charge < -0.3 is 10.1 Å². The van der Waals surface area contributed by atoms with Crippen molar-refractivity contribution in [1.29, 1.82) is 0 Å². The lowest BCUT2D eigenvalue weighted by Crippen LogP contribution is -2.43. The van der Waals surface area contributed by atoms with Gasteiger partial charge in [-0.25, -0.2) is 4.79 Å². The van der Waals surface area contributed by atoms with Crippen molar-refractivity contribution >= 4 is 11.9 Å². The van der Waals surface area contributed by atoms with Gasteiger partial charge in [-0.05, 0) is 5.56 Å². The summed E-state index contributed by atoms with van der Waals surface area (Å²) in [6, 6.07) is 8.75. The highest BCUT2D eigenvalue weighted by atomic mass is 16.5. The molecular weight excluding hydrogens is 254 g/mol. The van der Waals surface area contributed by atoms with Crippen molar-refractivity contribution in [3.63, 3.8) is 0 Å². The van der Waals surface area contributed by atoms with E-state index in [9.17, 15) is 9.59 Å². The fourth-order valence-electron chi connectivity index (χ4n) is 1.67. The van der Waals surface area contributed by atoms with Crippen LogP contribution < -0.4 is 5.32 Å². The largest absolute Gasteiger partial charge is 0.460 e. The second kappa shape index (κ2) is 8.69. The Morgan fingerprint density at radius 3 is 2.50 bits per heavy atom. The molecule has 1 N–H and O–H groups in total. The molecule has 0 aromatic heterocycles. The maximum Gasteiger partial charge on any atom is 0.329 e. The number of benzene rings is 1. The van der Waals surface area contributed by atoms with E-state index in [1.54, 1.807) is 0 Å². The summed E-state index contributed by atoms with van der Waals surface area (Å²) in [6.45, 7) is 7.11. The Kier molecular flexibility index (Phi) is 6.82. The van der Waals surface area contributed by atoms with Crippen molar-refractivity contribution in [2.24, 2.45) is 0 Å².